The molecule has 0 unspecified atom stereocenters. The van der Waals surface area contributed by atoms with Crippen molar-refractivity contribution in [3.8, 4) is 0 Å². The van der Waals surface area contributed by atoms with E-state index in [4.69, 9.17) is 0 Å². The summed E-state index contributed by atoms with van der Waals surface area (Å²) in [7, 11) is 0. The SMILES string of the molecule is CCC1(C(=O)NCCCCC(C)C)CCNCC1. The summed E-state index contributed by atoms with van der Waals surface area (Å²) in [5.41, 5.74) is -0.0940. The normalized spacial score (nSPS) is 18.9. The fourth-order valence-corrected chi connectivity index (χ4v) is 2.71. The second-order valence-electron chi connectivity index (χ2n) is 6.03. The predicted octanol–water partition coefficient (Wildman–Crippen LogP) is 2.71. The van der Waals surface area contributed by atoms with Crippen LogP contribution in [0.15, 0.2) is 0 Å². The van der Waals surface area contributed by atoms with Crippen LogP contribution in [0, 0.1) is 11.3 Å². The Kier molecular flexibility index (Phi) is 6.69. The van der Waals surface area contributed by atoms with E-state index in [1.54, 1.807) is 0 Å². The predicted molar refractivity (Wildman–Crippen MR) is 76.5 cm³/mol. The molecule has 1 aliphatic rings. The fourth-order valence-electron chi connectivity index (χ4n) is 2.71. The number of carbonyl (C=O) groups is 1. The molecule has 3 nitrogen and oxygen atoms in total. The maximum absolute atomic E-state index is 12.3. The third-order valence-corrected chi connectivity index (χ3v) is 4.21. The summed E-state index contributed by atoms with van der Waals surface area (Å²) < 4.78 is 0. The highest BCUT2D eigenvalue weighted by atomic mass is 16.2. The number of hydrogen-bond donors (Lipinski definition) is 2. The molecule has 1 saturated heterocycles. The van der Waals surface area contributed by atoms with Crippen molar-refractivity contribution in [2.45, 2.75) is 59.3 Å². The molecule has 0 aromatic heterocycles. The average Bonchev–Trinajstić information content (AvgIpc) is 2.38. The highest BCUT2D eigenvalue weighted by molar-refractivity contribution is 5.82. The maximum Gasteiger partial charge on any atom is 0.226 e. The van der Waals surface area contributed by atoms with Crippen LogP contribution in [0.25, 0.3) is 0 Å². The lowest BCUT2D eigenvalue weighted by atomic mass is 9.76. The van der Waals surface area contributed by atoms with Crippen molar-refractivity contribution in [3.63, 3.8) is 0 Å². The summed E-state index contributed by atoms with van der Waals surface area (Å²) in [6, 6.07) is 0. The molecular weight excluding hydrogens is 224 g/mol. The van der Waals surface area contributed by atoms with Gasteiger partial charge in [-0.15, -0.1) is 0 Å². The molecule has 0 atom stereocenters. The Balaban J connectivity index is 2.25. The van der Waals surface area contributed by atoms with Crippen LogP contribution >= 0.6 is 0 Å². The average molecular weight is 254 g/mol. The van der Waals surface area contributed by atoms with E-state index in [1.165, 1.54) is 12.8 Å². The highest BCUT2D eigenvalue weighted by Gasteiger charge is 2.37. The quantitative estimate of drug-likeness (QED) is 0.686. The molecule has 3 heteroatoms. The minimum absolute atomic E-state index is 0.0940. The van der Waals surface area contributed by atoms with Gasteiger partial charge >= 0.3 is 0 Å². The summed E-state index contributed by atoms with van der Waals surface area (Å²) in [5.74, 6) is 1.06. The third kappa shape index (κ3) is 4.60. The molecule has 1 heterocycles. The van der Waals surface area contributed by atoms with Crippen LogP contribution in [0.1, 0.15) is 59.3 Å². The van der Waals surface area contributed by atoms with Crippen LogP contribution in [0.4, 0.5) is 0 Å². The van der Waals surface area contributed by atoms with Gasteiger partial charge in [0, 0.05) is 6.54 Å². The molecule has 0 bridgehead atoms. The second kappa shape index (κ2) is 7.78. The number of amides is 1. The van der Waals surface area contributed by atoms with Gasteiger partial charge in [-0.25, -0.2) is 0 Å². The number of piperidine rings is 1. The summed E-state index contributed by atoms with van der Waals surface area (Å²) in [4.78, 5) is 12.3. The van der Waals surface area contributed by atoms with E-state index in [-0.39, 0.29) is 11.3 Å². The summed E-state index contributed by atoms with van der Waals surface area (Å²) in [6.45, 7) is 9.45. The van der Waals surface area contributed by atoms with Gasteiger partial charge in [0.2, 0.25) is 5.91 Å². The van der Waals surface area contributed by atoms with E-state index >= 15 is 0 Å². The second-order valence-corrected chi connectivity index (χ2v) is 6.03. The molecule has 0 aromatic rings. The molecule has 1 rings (SSSR count). The maximum atomic E-state index is 12.3. The van der Waals surface area contributed by atoms with Crippen molar-refractivity contribution in [3.05, 3.63) is 0 Å². The van der Waals surface area contributed by atoms with E-state index in [1.807, 2.05) is 0 Å². The topological polar surface area (TPSA) is 41.1 Å². The summed E-state index contributed by atoms with van der Waals surface area (Å²) in [6.07, 6.45) is 6.54. The van der Waals surface area contributed by atoms with Crippen LogP contribution in [0.5, 0.6) is 0 Å². The van der Waals surface area contributed by atoms with Gasteiger partial charge in [-0.05, 0) is 44.7 Å². The number of nitrogens with one attached hydrogen (secondary N) is 2. The van der Waals surface area contributed by atoms with Crippen molar-refractivity contribution in [2.75, 3.05) is 19.6 Å². The Morgan fingerprint density at radius 1 is 1.28 bits per heavy atom. The van der Waals surface area contributed by atoms with Gasteiger partial charge in [-0.3, -0.25) is 4.79 Å². The van der Waals surface area contributed by atoms with Gasteiger partial charge in [-0.1, -0.05) is 33.6 Å². The first-order valence-electron chi connectivity index (χ1n) is 7.60. The number of unbranched alkanes of at least 4 members (excludes halogenated alkanes) is 1. The molecule has 0 aliphatic carbocycles. The zero-order valence-electron chi connectivity index (χ0n) is 12.3. The monoisotopic (exact) mass is 254 g/mol. The lowest BCUT2D eigenvalue weighted by molar-refractivity contribution is -0.132. The zero-order valence-corrected chi connectivity index (χ0v) is 12.3. The van der Waals surface area contributed by atoms with E-state index in [0.717, 1.165) is 51.2 Å². The van der Waals surface area contributed by atoms with E-state index in [9.17, 15) is 4.79 Å². The van der Waals surface area contributed by atoms with Gasteiger partial charge in [0.25, 0.3) is 0 Å². The molecule has 0 aromatic carbocycles. The minimum atomic E-state index is -0.0940. The van der Waals surface area contributed by atoms with E-state index < -0.39 is 0 Å². The van der Waals surface area contributed by atoms with Crippen LogP contribution in [-0.4, -0.2) is 25.5 Å². The molecule has 0 radical (unpaired) electrons. The molecule has 18 heavy (non-hydrogen) atoms. The lowest BCUT2D eigenvalue weighted by Crippen LogP contribution is -2.47. The third-order valence-electron chi connectivity index (χ3n) is 4.21. The number of carbonyl (C=O) groups excluding carboxylic acids is 1. The molecular formula is C15H30N2O. The largest absolute Gasteiger partial charge is 0.356 e. The van der Waals surface area contributed by atoms with Crippen molar-refractivity contribution >= 4 is 5.91 Å². The lowest BCUT2D eigenvalue weighted by Gasteiger charge is -2.35. The molecule has 0 spiro atoms. The first kappa shape index (κ1) is 15.5. The standard InChI is InChI=1S/C15H30N2O/c1-4-15(8-11-16-12-9-15)14(18)17-10-6-5-7-13(2)3/h13,16H,4-12H2,1-3H3,(H,17,18). The van der Waals surface area contributed by atoms with Crippen LogP contribution < -0.4 is 10.6 Å². The van der Waals surface area contributed by atoms with Crippen LogP contribution in [-0.2, 0) is 4.79 Å². The van der Waals surface area contributed by atoms with Crippen molar-refractivity contribution in [2.24, 2.45) is 11.3 Å². The van der Waals surface area contributed by atoms with E-state index in [2.05, 4.69) is 31.4 Å². The zero-order chi connectivity index (χ0) is 13.4. The van der Waals surface area contributed by atoms with Crippen LogP contribution in [0.3, 0.4) is 0 Å². The summed E-state index contributed by atoms with van der Waals surface area (Å²) in [5, 5.41) is 6.49. The Bertz CT molecular complexity index is 245. The molecule has 1 amide bonds. The van der Waals surface area contributed by atoms with Gasteiger partial charge < -0.3 is 10.6 Å². The molecule has 0 saturated carbocycles. The van der Waals surface area contributed by atoms with Gasteiger partial charge in [0.05, 0.1) is 5.41 Å². The highest BCUT2D eigenvalue weighted by Crippen LogP contribution is 2.32. The molecule has 2 N–H and O–H groups in total. The Labute approximate surface area is 112 Å². The molecule has 1 fully saturated rings. The van der Waals surface area contributed by atoms with Gasteiger partial charge in [0.15, 0.2) is 0 Å². The first-order valence-corrected chi connectivity index (χ1v) is 7.60. The Morgan fingerprint density at radius 2 is 1.94 bits per heavy atom. The first-order chi connectivity index (χ1) is 8.60. The van der Waals surface area contributed by atoms with E-state index in [0.29, 0.717) is 0 Å². The van der Waals surface area contributed by atoms with Crippen molar-refractivity contribution in [1.82, 2.24) is 10.6 Å². The number of rotatable bonds is 7. The van der Waals surface area contributed by atoms with Crippen molar-refractivity contribution < 1.29 is 4.79 Å². The van der Waals surface area contributed by atoms with Crippen LogP contribution in [0.2, 0.25) is 0 Å². The van der Waals surface area contributed by atoms with Crippen molar-refractivity contribution in [1.29, 1.82) is 0 Å². The van der Waals surface area contributed by atoms with Gasteiger partial charge in [-0.2, -0.15) is 0 Å². The number of hydrogen-bond acceptors (Lipinski definition) is 2. The smallest absolute Gasteiger partial charge is 0.226 e. The Hall–Kier alpha value is -0.570. The molecule has 1 aliphatic heterocycles. The Morgan fingerprint density at radius 3 is 2.50 bits per heavy atom. The summed E-state index contributed by atoms with van der Waals surface area (Å²) >= 11 is 0. The fraction of sp³-hybridized carbons (Fsp3) is 0.933. The minimum Gasteiger partial charge on any atom is -0.356 e. The van der Waals surface area contributed by atoms with Gasteiger partial charge in [0.1, 0.15) is 0 Å². The molecule has 106 valence electrons.